The van der Waals surface area contributed by atoms with E-state index in [1.54, 1.807) is 6.07 Å². The van der Waals surface area contributed by atoms with E-state index >= 15 is 0 Å². The van der Waals surface area contributed by atoms with Gasteiger partial charge in [0.15, 0.2) is 0 Å². The van der Waals surface area contributed by atoms with Crippen molar-refractivity contribution in [2.24, 2.45) is 5.92 Å². The van der Waals surface area contributed by atoms with Crippen LogP contribution < -0.4 is 5.32 Å². The highest BCUT2D eigenvalue weighted by atomic mass is 19.1. The molecule has 1 fully saturated rings. The van der Waals surface area contributed by atoms with Crippen LogP contribution in [-0.2, 0) is 4.79 Å². The summed E-state index contributed by atoms with van der Waals surface area (Å²) in [4.78, 5) is 13.8. The molecule has 3 nitrogen and oxygen atoms in total. The Morgan fingerprint density at radius 3 is 2.79 bits per heavy atom. The molecule has 0 saturated carbocycles. The molecule has 1 N–H and O–H groups in total. The van der Waals surface area contributed by atoms with Gasteiger partial charge in [-0.1, -0.05) is 38.8 Å². The van der Waals surface area contributed by atoms with Gasteiger partial charge in [-0.05, 0) is 23.6 Å². The predicted molar refractivity (Wildman–Crippen MR) is 72.9 cm³/mol. The number of halogens is 1. The standard InChI is InChI=1S/C15H21FN2O/c1-3-11(4-2)10-18-14(19)9-17-15(18)12-6-5-7-13(16)8-12/h5-8,11,15,17H,3-4,9-10H2,1-2H3. The van der Waals surface area contributed by atoms with E-state index in [2.05, 4.69) is 19.2 Å². The quantitative estimate of drug-likeness (QED) is 0.887. The molecule has 2 rings (SSSR count). The molecule has 19 heavy (non-hydrogen) atoms. The first-order valence-electron chi connectivity index (χ1n) is 6.94. The molecule has 104 valence electrons. The van der Waals surface area contributed by atoms with Crippen LogP contribution in [0.2, 0.25) is 0 Å². The van der Waals surface area contributed by atoms with E-state index < -0.39 is 0 Å². The lowest BCUT2D eigenvalue weighted by molar-refractivity contribution is -0.128. The SMILES string of the molecule is CCC(CC)CN1C(=O)CNC1c1cccc(F)c1. The van der Waals surface area contributed by atoms with Gasteiger partial charge >= 0.3 is 0 Å². The Bertz CT molecular complexity index is 446. The van der Waals surface area contributed by atoms with Crippen molar-refractivity contribution >= 4 is 5.91 Å². The van der Waals surface area contributed by atoms with Gasteiger partial charge in [0.25, 0.3) is 0 Å². The molecular weight excluding hydrogens is 243 g/mol. The van der Waals surface area contributed by atoms with Gasteiger partial charge in [-0.2, -0.15) is 0 Å². The molecule has 1 aliphatic rings. The van der Waals surface area contributed by atoms with Gasteiger partial charge in [-0.3, -0.25) is 10.1 Å². The Morgan fingerprint density at radius 1 is 1.42 bits per heavy atom. The van der Waals surface area contributed by atoms with E-state index in [0.29, 0.717) is 12.5 Å². The van der Waals surface area contributed by atoms with Crippen molar-refractivity contribution in [2.75, 3.05) is 13.1 Å². The summed E-state index contributed by atoms with van der Waals surface area (Å²) in [5.41, 5.74) is 0.816. The minimum atomic E-state index is -0.263. The summed E-state index contributed by atoms with van der Waals surface area (Å²) < 4.78 is 13.3. The van der Waals surface area contributed by atoms with Crippen molar-refractivity contribution in [1.29, 1.82) is 0 Å². The highest BCUT2D eigenvalue weighted by Gasteiger charge is 2.32. The van der Waals surface area contributed by atoms with Crippen molar-refractivity contribution in [3.8, 4) is 0 Å². The predicted octanol–water partition coefficient (Wildman–Crippen LogP) is 2.69. The molecule has 1 saturated heterocycles. The van der Waals surface area contributed by atoms with E-state index in [1.165, 1.54) is 12.1 Å². The van der Waals surface area contributed by atoms with Crippen molar-refractivity contribution in [1.82, 2.24) is 10.2 Å². The van der Waals surface area contributed by atoms with Crippen LogP contribution in [0.4, 0.5) is 4.39 Å². The van der Waals surface area contributed by atoms with Gasteiger partial charge in [0.1, 0.15) is 12.0 Å². The normalized spacial score (nSPS) is 19.5. The zero-order valence-electron chi connectivity index (χ0n) is 11.5. The molecule has 4 heteroatoms. The third kappa shape index (κ3) is 3.13. The Balaban J connectivity index is 2.17. The van der Waals surface area contributed by atoms with Crippen LogP contribution in [0.15, 0.2) is 24.3 Å². The summed E-state index contributed by atoms with van der Waals surface area (Å²) in [5, 5.41) is 3.16. The fourth-order valence-corrected chi connectivity index (χ4v) is 2.55. The van der Waals surface area contributed by atoms with Crippen molar-refractivity contribution < 1.29 is 9.18 Å². The molecule has 1 aromatic carbocycles. The van der Waals surface area contributed by atoms with E-state index in [9.17, 15) is 9.18 Å². The molecule has 1 unspecified atom stereocenters. The first-order valence-corrected chi connectivity index (χ1v) is 6.94. The summed E-state index contributed by atoms with van der Waals surface area (Å²) in [6, 6.07) is 6.46. The molecule has 0 aliphatic carbocycles. The Hall–Kier alpha value is -1.42. The number of nitrogens with zero attached hydrogens (tertiary/aromatic N) is 1. The average molecular weight is 264 g/mol. The maximum absolute atomic E-state index is 13.3. The van der Waals surface area contributed by atoms with Gasteiger partial charge in [-0.25, -0.2) is 4.39 Å². The van der Waals surface area contributed by atoms with Crippen LogP contribution in [0.1, 0.15) is 38.4 Å². The lowest BCUT2D eigenvalue weighted by atomic mass is 10.0. The van der Waals surface area contributed by atoms with Crippen LogP contribution in [0.5, 0.6) is 0 Å². The van der Waals surface area contributed by atoms with Gasteiger partial charge in [-0.15, -0.1) is 0 Å². The Labute approximate surface area is 113 Å². The van der Waals surface area contributed by atoms with E-state index in [0.717, 1.165) is 24.9 Å². The lowest BCUT2D eigenvalue weighted by Gasteiger charge is -2.28. The molecule has 1 atom stereocenters. The van der Waals surface area contributed by atoms with Gasteiger partial charge in [0, 0.05) is 6.54 Å². The summed E-state index contributed by atoms with van der Waals surface area (Å²) in [7, 11) is 0. The van der Waals surface area contributed by atoms with Gasteiger partial charge in [0.05, 0.1) is 6.54 Å². The van der Waals surface area contributed by atoms with Gasteiger partial charge in [0.2, 0.25) is 5.91 Å². The van der Waals surface area contributed by atoms with Crippen LogP contribution in [0.3, 0.4) is 0 Å². The third-order valence-corrected chi connectivity index (χ3v) is 3.85. The van der Waals surface area contributed by atoms with E-state index in [4.69, 9.17) is 0 Å². The first-order chi connectivity index (χ1) is 9.15. The second-order valence-electron chi connectivity index (χ2n) is 5.07. The highest BCUT2D eigenvalue weighted by molar-refractivity contribution is 5.80. The molecule has 0 spiro atoms. The smallest absolute Gasteiger partial charge is 0.238 e. The number of carbonyl (C=O) groups is 1. The fraction of sp³-hybridized carbons (Fsp3) is 0.533. The number of hydrogen-bond acceptors (Lipinski definition) is 2. The first kappa shape index (κ1) is 14.0. The molecule has 1 aliphatic heterocycles. The summed E-state index contributed by atoms with van der Waals surface area (Å²) >= 11 is 0. The van der Waals surface area contributed by atoms with Crippen molar-refractivity contribution in [3.63, 3.8) is 0 Å². The third-order valence-electron chi connectivity index (χ3n) is 3.85. The second-order valence-corrected chi connectivity index (χ2v) is 5.07. The Morgan fingerprint density at radius 2 is 2.16 bits per heavy atom. The van der Waals surface area contributed by atoms with E-state index in [-0.39, 0.29) is 17.9 Å². The number of nitrogens with one attached hydrogen (secondary N) is 1. The molecular formula is C15H21FN2O. The largest absolute Gasteiger partial charge is 0.322 e. The lowest BCUT2D eigenvalue weighted by Crippen LogP contribution is -2.34. The van der Waals surface area contributed by atoms with Crippen LogP contribution in [0, 0.1) is 11.7 Å². The minimum absolute atomic E-state index is 0.0983. The van der Waals surface area contributed by atoms with Crippen LogP contribution >= 0.6 is 0 Å². The van der Waals surface area contributed by atoms with Crippen LogP contribution in [-0.4, -0.2) is 23.9 Å². The molecule has 1 aromatic rings. The van der Waals surface area contributed by atoms with Gasteiger partial charge < -0.3 is 4.90 Å². The molecule has 0 radical (unpaired) electrons. The number of carbonyl (C=O) groups excluding carboxylic acids is 1. The average Bonchev–Trinajstić information content (AvgIpc) is 2.77. The summed E-state index contributed by atoms with van der Waals surface area (Å²) in [6.45, 7) is 5.35. The number of benzene rings is 1. The summed E-state index contributed by atoms with van der Waals surface area (Å²) in [6.07, 6.45) is 1.91. The highest BCUT2D eigenvalue weighted by Crippen LogP contribution is 2.25. The maximum atomic E-state index is 13.3. The van der Waals surface area contributed by atoms with E-state index in [1.807, 2.05) is 11.0 Å². The summed E-state index contributed by atoms with van der Waals surface area (Å²) in [5.74, 6) is 0.335. The molecule has 0 bridgehead atoms. The number of hydrogen-bond donors (Lipinski definition) is 1. The molecule has 0 aromatic heterocycles. The zero-order valence-corrected chi connectivity index (χ0v) is 11.5. The van der Waals surface area contributed by atoms with Crippen molar-refractivity contribution in [2.45, 2.75) is 32.9 Å². The molecule has 1 heterocycles. The topological polar surface area (TPSA) is 32.3 Å². The minimum Gasteiger partial charge on any atom is -0.322 e. The maximum Gasteiger partial charge on any atom is 0.238 e. The monoisotopic (exact) mass is 264 g/mol. The fourth-order valence-electron chi connectivity index (χ4n) is 2.55. The molecule has 1 amide bonds. The van der Waals surface area contributed by atoms with Crippen molar-refractivity contribution in [3.05, 3.63) is 35.6 Å². The zero-order chi connectivity index (χ0) is 13.8. The Kier molecular flexibility index (Phi) is 4.53. The number of amides is 1. The number of rotatable bonds is 5. The second kappa shape index (κ2) is 6.15. The van der Waals surface area contributed by atoms with Crippen LogP contribution in [0.25, 0.3) is 0 Å².